The first-order valence-electron chi connectivity index (χ1n) is 4.03. The summed E-state index contributed by atoms with van der Waals surface area (Å²) in [4.78, 5) is 22.0. The summed E-state index contributed by atoms with van der Waals surface area (Å²) in [6.45, 7) is 0. The molecule has 0 unspecified atom stereocenters. The van der Waals surface area contributed by atoms with Crippen molar-refractivity contribution in [3.05, 3.63) is 0 Å². The molecule has 1 N–H and O–H groups in total. The second-order valence-electron chi connectivity index (χ2n) is 3.57. The van der Waals surface area contributed by atoms with Crippen molar-refractivity contribution < 1.29 is 9.59 Å². The fourth-order valence-corrected chi connectivity index (χ4v) is 1.91. The molecule has 1 spiro atoms. The molecule has 0 bridgehead atoms. The Morgan fingerprint density at radius 2 is 2.00 bits per heavy atom. The topological polar surface area (TPSA) is 46.2 Å². The van der Waals surface area contributed by atoms with Crippen LogP contribution < -0.4 is 5.32 Å². The average molecular weight is 153 g/mol. The lowest BCUT2D eigenvalue weighted by molar-refractivity contribution is -0.136. The predicted molar refractivity (Wildman–Crippen MR) is 39.0 cm³/mol. The molecule has 1 aliphatic heterocycles. The van der Waals surface area contributed by atoms with E-state index in [1.54, 1.807) is 0 Å². The summed E-state index contributed by atoms with van der Waals surface area (Å²) in [6.07, 6.45) is 3.79. The van der Waals surface area contributed by atoms with Crippen LogP contribution >= 0.6 is 0 Å². The molecule has 3 heteroatoms. The molecule has 2 aliphatic rings. The molecule has 1 saturated heterocycles. The van der Waals surface area contributed by atoms with Crippen LogP contribution in [0.1, 0.15) is 32.1 Å². The zero-order chi connectivity index (χ0) is 7.90. The predicted octanol–water partition coefficient (Wildman–Crippen LogP) is 0.388. The summed E-state index contributed by atoms with van der Waals surface area (Å²) in [5.41, 5.74) is -0.105. The lowest BCUT2D eigenvalue weighted by Gasteiger charge is -2.44. The third kappa shape index (κ3) is 1.04. The Morgan fingerprint density at radius 1 is 1.27 bits per heavy atom. The summed E-state index contributed by atoms with van der Waals surface area (Å²) in [7, 11) is 0. The van der Waals surface area contributed by atoms with Crippen molar-refractivity contribution in [1.82, 2.24) is 5.32 Å². The standard InChI is InChI=1S/C8H11NO2/c10-6-4-7(11)9-8(5-6)2-1-3-8/h1-5H2,(H,9,11). The lowest BCUT2D eigenvalue weighted by Crippen LogP contribution is -2.58. The van der Waals surface area contributed by atoms with Gasteiger partial charge in [0.1, 0.15) is 5.78 Å². The molecule has 0 atom stereocenters. The van der Waals surface area contributed by atoms with Crippen LogP contribution in [0.3, 0.4) is 0 Å². The van der Waals surface area contributed by atoms with E-state index in [1.807, 2.05) is 0 Å². The van der Waals surface area contributed by atoms with E-state index in [0.717, 1.165) is 19.3 Å². The molecule has 1 saturated carbocycles. The van der Waals surface area contributed by atoms with Gasteiger partial charge in [0.05, 0.1) is 6.42 Å². The van der Waals surface area contributed by atoms with Crippen LogP contribution in [0.4, 0.5) is 0 Å². The molecule has 0 aromatic heterocycles. The normalized spacial score (nSPS) is 28.0. The highest BCUT2D eigenvalue weighted by Crippen LogP contribution is 2.37. The van der Waals surface area contributed by atoms with Crippen molar-refractivity contribution in [2.24, 2.45) is 0 Å². The minimum atomic E-state index is -0.105. The number of carbonyl (C=O) groups excluding carboxylic acids is 2. The maximum atomic E-state index is 11.0. The molecule has 0 aromatic carbocycles. The Morgan fingerprint density at radius 3 is 2.45 bits per heavy atom. The maximum absolute atomic E-state index is 11.0. The smallest absolute Gasteiger partial charge is 0.227 e. The molecule has 1 heterocycles. The molecule has 2 rings (SSSR count). The van der Waals surface area contributed by atoms with Crippen molar-refractivity contribution in [2.45, 2.75) is 37.6 Å². The number of hydrogen-bond acceptors (Lipinski definition) is 2. The summed E-state index contributed by atoms with van der Waals surface area (Å²) in [6, 6.07) is 0. The quantitative estimate of drug-likeness (QED) is 0.512. The SMILES string of the molecule is O=C1CC(=O)NC2(CCC2)C1. The van der Waals surface area contributed by atoms with Crippen LogP contribution in [0.15, 0.2) is 0 Å². The highest BCUT2D eigenvalue weighted by molar-refractivity contribution is 6.01. The third-order valence-corrected chi connectivity index (χ3v) is 2.61. The van der Waals surface area contributed by atoms with Crippen molar-refractivity contribution in [1.29, 1.82) is 0 Å². The van der Waals surface area contributed by atoms with Crippen molar-refractivity contribution in [3.8, 4) is 0 Å². The van der Waals surface area contributed by atoms with Crippen LogP contribution in [-0.4, -0.2) is 17.2 Å². The van der Waals surface area contributed by atoms with E-state index in [9.17, 15) is 9.59 Å². The molecule has 0 aromatic rings. The first-order chi connectivity index (χ1) is 5.20. The van der Waals surface area contributed by atoms with E-state index in [2.05, 4.69) is 5.32 Å². The van der Waals surface area contributed by atoms with E-state index < -0.39 is 0 Å². The molecular formula is C8H11NO2. The highest BCUT2D eigenvalue weighted by Gasteiger charge is 2.43. The fourth-order valence-electron chi connectivity index (χ4n) is 1.91. The minimum absolute atomic E-state index is 0.0825. The summed E-state index contributed by atoms with van der Waals surface area (Å²) >= 11 is 0. The molecule has 2 fully saturated rings. The van der Waals surface area contributed by atoms with E-state index in [1.165, 1.54) is 0 Å². The van der Waals surface area contributed by atoms with Gasteiger partial charge in [-0.2, -0.15) is 0 Å². The van der Waals surface area contributed by atoms with E-state index in [-0.39, 0.29) is 23.7 Å². The number of Topliss-reactive ketones (excluding diaryl/α,β-unsaturated/α-hetero) is 1. The second kappa shape index (κ2) is 2.06. The zero-order valence-corrected chi connectivity index (χ0v) is 6.35. The van der Waals surface area contributed by atoms with Crippen LogP contribution in [0.2, 0.25) is 0 Å². The van der Waals surface area contributed by atoms with Crippen molar-refractivity contribution >= 4 is 11.7 Å². The van der Waals surface area contributed by atoms with Crippen molar-refractivity contribution in [3.63, 3.8) is 0 Å². The molecular weight excluding hydrogens is 142 g/mol. The van der Waals surface area contributed by atoms with Gasteiger partial charge in [-0.1, -0.05) is 0 Å². The Hall–Kier alpha value is -0.860. The Kier molecular flexibility index (Phi) is 1.28. The van der Waals surface area contributed by atoms with Crippen LogP contribution in [0, 0.1) is 0 Å². The summed E-state index contributed by atoms with van der Waals surface area (Å²) in [5.74, 6) is 0.0226. The average Bonchev–Trinajstić information content (AvgIpc) is 1.82. The van der Waals surface area contributed by atoms with Crippen LogP contribution in [0.25, 0.3) is 0 Å². The van der Waals surface area contributed by atoms with E-state index >= 15 is 0 Å². The van der Waals surface area contributed by atoms with E-state index in [4.69, 9.17) is 0 Å². The molecule has 11 heavy (non-hydrogen) atoms. The van der Waals surface area contributed by atoms with Gasteiger partial charge in [0.15, 0.2) is 0 Å². The molecule has 60 valence electrons. The van der Waals surface area contributed by atoms with Crippen LogP contribution in [0.5, 0.6) is 0 Å². The fraction of sp³-hybridized carbons (Fsp3) is 0.750. The van der Waals surface area contributed by atoms with Gasteiger partial charge in [0.2, 0.25) is 5.91 Å². The summed E-state index contributed by atoms with van der Waals surface area (Å²) in [5, 5.41) is 2.90. The first kappa shape index (κ1) is 6.83. The number of piperidine rings is 1. The van der Waals surface area contributed by atoms with Gasteiger partial charge in [0.25, 0.3) is 0 Å². The number of rotatable bonds is 0. The van der Waals surface area contributed by atoms with Gasteiger partial charge in [-0.15, -0.1) is 0 Å². The van der Waals surface area contributed by atoms with Gasteiger partial charge in [0, 0.05) is 12.0 Å². The zero-order valence-electron chi connectivity index (χ0n) is 6.35. The Bertz CT molecular complexity index is 200. The Balaban J connectivity index is 2.12. The molecule has 1 aliphatic carbocycles. The first-order valence-corrected chi connectivity index (χ1v) is 4.03. The number of hydrogen-bond donors (Lipinski definition) is 1. The van der Waals surface area contributed by atoms with E-state index in [0.29, 0.717) is 6.42 Å². The third-order valence-electron chi connectivity index (χ3n) is 2.61. The van der Waals surface area contributed by atoms with Gasteiger partial charge in [-0.25, -0.2) is 0 Å². The number of ketones is 1. The molecule has 0 radical (unpaired) electrons. The van der Waals surface area contributed by atoms with Gasteiger partial charge >= 0.3 is 0 Å². The number of amides is 1. The molecule has 1 amide bonds. The largest absolute Gasteiger partial charge is 0.350 e. The Labute approximate surface area is 65.2 Å². The number of nitrogens with one attached hydrogen (secondary N) is 1. The highest BCUT2D eigenvalue weighted by atomic mass is 16.2. The number of carbonyl (C=O) groups is 2. The van der Waals surface area contributed by atoms with Crippen LogP contribution in [-0.2, 0) is 9.59 Å². The monoisotopic (exact) mass is 153 g/mol. The molecule has 3 nitrogen and oxygen atoms in total. The second-order valence-corrected chi connectivity index (χ2v) is 3.57. The van der Waals surface area contributed by atoms with Crippen molar-refractivity contribution in [2.75, 3.05) is 0 Å². The van der Waals surface area contributed by atoms with Gasteiger partial charge in [-0.05, 0) is 19.3 Å². The van der Waals surface area contributed by atoms with Gasteiger partial charge < -0.3 is 5.32 Å². The minimum Gasteiger partial charge on any atom is -0.350 e. The van der Waals surface area contributed by atoms with Gasteiger partial charge in [-0.3, -0.25) is 9.59 Å². The lowest BCUT2D eigenvalue weighted by atomic mass is 9.71. The maximum Gasteiger partial charge on any atom is 0.227 e. The summed E-state index contributed by atoms with van der Waals surface area (Å²) < 4.78 is 0.